The Bertz CT molecular complexity index is 797. The Morgan fingerprint density at radius 1 is 1.22 bits per heavy atom. The molecule has 2 heterocycles. The highest BCUT2D eigenvalue weighted by Crippen LogP contribution is 2.59. The van der Waals surface area contributed by atoms with E-state index in [0.717, 1.165) is 50.8 Å². The molecule has 3 fully saturated rings. The van der Waals surface area contributed by atoms with Crippen LogP contribution < -0.4 is 15.5 Å². The Labute approximate surface area is 165 Å². The number of anilines is 1. The van der Waals surface area contributed by atoms with Crippen LogP contribution in [-0.2, 0) is 21.5 Å². The highest BCUT2D eigenvalue weighted by Gasteiger charge is 2.65. The standard InChI is InChI=1S/C21H27N3O2S/c1-26-16-6-8-20(9-7-16)13-14-4-5-15(24-10-2-3-11-24)12-17(14)21(20)18(25)22-19(27)23-21/h4-5,12,16H,2-3,6-11,13H2,1H3,(H2,22,23,25,27). The van der Waals surface area contributed by atoms with Gasteiger partial charge in [-0.1, -0.05) is 6.07 Å². The van der Waals surface area contributed by atoms with Crippen LogP contribution in [0.4, 0.5) is 5.69 Å². The molecule has 1 aromatic carbocycles. The van der Waals surface area contributed by atoms with Crippen molar-refractivity contribution in [2.45, 2.75) is 56.6 Å². The summed E-state index contributed by atoms with van der Waals surface area (Å²) >= 11 is 5.40. The number of carbonyl (C=O) groups is 1. The van der Waals surface area contributed by atoms with Crippen LogP contribution in [0.15, 0.2) is 18.2 Å². The molecular weight excluding hydrogens is 358 g/mol. The molecule has 1 aromatic rings. The van der Waals surface area contributed by atoms with Gasteiger partial charge in [0, 0.05) is 31.3 Å². The minimum atomic E-state index is -0.728. The van der Waals surface area contributed by atoms with E-state index in [1.807, 2.05) is 0 Å². The van der Waals surface area contributed by atoms with Crippen molar-refractivity contribution in [1.82, 2.24) is 10.6 Å². The number of hydrogen-bond donors (Lipinski definition) is 2. The molecule has 2 aliphatic carbocycles. The predicted octanol–water partition coefficient (Wildman–Crippen LogP) is 2.62. The first-order valence-electron chi connectivity index (χ1n) is 10.1. The average Bonchev–Trinajstić information content (AvgIpc) is 3.36. The first kappa shape index (κ1) is 17.4. The smallest absolute Gasteiger partial charge is 0.257 e. The van der Waals surface area contributed by atoms with Crippen LogP contribution in [0.2, 0.25) is 0 Å². The molecule has 1 saturated carbocycles. The topological polar surface area (TPSA) is 53.6 Å². The summed E-state index contributed by atoms with van der Waals surface area (Å²) in [6, 6.07) is 6.75. The molecule has 1 amide bonds. The van der Waals surface area contributed by atoms with E-state index in [1.54, 1.807) is 7.11 Å². The van der Waals surface area contributed by atoms with Gasteiger partial charge in [0.05, 0.1) is 6.10 Å². The Morgan fingerprint density at radius 2 is 1.96 bits per heavy atom. The third kappa shape index (κ3) is 2.39. The molecule has 4 aliphatic rings. The number of rotatable bonds is 2. The van der Waals surface area contributed by atoms with Crippen LogP contribution in [0.1, 0.15) is 49.7 Å². The van der Waals surface area contributed by atoms with Crippen LogP contribution in [0.3, 0.4) is 0 Å². The number of benzene rings is 1. The highest BCUT2D eigenvalue weighted by molar-refractivity contribution is 7.80. The molecule has 5 nitrogen and oxygen atoms in total. The summed E-state index contributed by atoms with van der Waals surface area (Å²) in [7, 11) is 1.79. The number of nitrogens with zero attached hydrogens (tertiary/aromatic N) is 1. The fourth-order valence-corrected chi connectivity index (χ4v) is 6.22. The minimum absolute atomic E-state index is 0.0284. The normalized spacial score (nSPS) is 35.0. The van der Waals surface area contributed by atoms with Crippen molar-refractivity contribution in [3.05, 3.63) is 29.3 Å². The van der Waals surface area contributed by atoms with Crippen LogP contribution in [0, 0.1) is 5.41 Å². The van der Waals surface area contributed by atoms with Crippen molar-refractivity contribution in [1.29, 1.82) is 0 Å². The molecule has 0 radical (unpaired) electrons. The maximum absolute atomic E-state index is 13.3. The van der Waals surface area contributed by atoms with Gasteiger partial charge in [-0.05, 0) is 80.4 Å². The summed E-state index contributed by atoms with van der Waals surface area (Å²) in [6.45, 7) is 2.20. The number of carbonyl (C=O) groups excluding carboxylic acids is 1. The van der Waals surface area contributed by atoms with E-state index in [0.29, 0.717) is 11.2 Å². The second-order valence-electron chi connectivity index (χ2n) is 8.59. The zero-order valence-electron chi connectivity index (χ0n) is 15.8. The van der Waals surface area contributed by atoms with Gasteiger partial charge in [-0.15, -0.1) is 0 Å². The maximum atomic E-state index is 13.3. The molecule has 1 unspecified atom stereocenters. The number of methoxy groups -OCH3 is 1. The number of thiocarbonyl (C=S) groups is 1. The van der Waals surface area contributed by atoms with Gasteiger partial charge in [-0.25, -0.2) is 0 Å². The largest absolute Gasteiger partial charge is 0.381 e. The fraction of sp³-hybridized carbons (Fsp3) is 0.619. The van der Waals surface area contributed by atoms with Crippen molar-refractivity contribution in [3.63, 3.8) is 0 Å². The lowest BCUT2D eigenvalue weighted by atomic mass is 9.61. The van der Waals surface area contributed by atoms with Gasteiger partial charge in [-0.3, -0.25) is 4.79 Å². The molecule has 2 spiro atoms. The van der Waals surface area contributed by atoms with E-state index in [4.69, 9.17) is 17.0 Å². The molecule has 2 saturated heterocycles. The average molecular weight is 386 g/mol. The van der Waals surface area contributed by atoms with Crippen LogP contribution in [-0.4, -0.2) is 37.3 Å². The summed E-state index contributed by atoms with van der Waals surface area (Å²) < 4.78 is 5.60. The van der Waals surface area contributed by atoms with Crippen LogP contribution in [0.5, 0.6) is 0 Å². The van der Waals surface area contributed by atoms with Gasteiger partial charge >= 0.3 is 0 Å². The van der Waals surface area contributed by atoms with Gasteiger partial charge < -0.3 is 20.3 Å². The third-order valence-electron chi connectivity index (χ3n) is 7.38. The lowest BCUT2D eigenvalue weighted by Crippen LogP contribution is -2.56. The van der Waals surface area contributed by atoms with Gasteiger partial charge in [0.15, 0.2) is 10.7 Å². The van der Waals surface area contributed by atoms with Crippen molar-refractivity contribution in [2.75, 3.05) is 25.1 Å². The molecule has 0 bridgehead atoms. The number of ether oxygens (including phenoxy) is 1. The van der Waals surface area contributed by atoms with E-state index in [1.165, 1.54) is 24.1 Å². The molecule has 2 aliphatic heterocycles. The van der Waals surface area contributed by atoms with E-state index < -0.39 is 5.54 Å². The van der Waals surface area contributed by atoms with Crippen molar-refractivity contribution < 1.29 is 9.53 Å². The Balaban J connectivity index is 1.60. The van der Waals surface area contributed by atoms with E-state index in [9.17, 15) is 4.79 Å². The summed E-state index contributed by atoms with van der Waals surface area (Å²) in [5, 5.41) is 6.84. The first-order valence-corrected chi connectivity index (χ1v) is 10.5. The maximum Gasteiger partial charge on any atom is 0.257 e. The SMILES string of the molecule is COC1CCC2(CC1)Cc1ccc(N3CCCC3)cc1C21NC(=S)NC1=O. The van der Waals surface area contributed by atoms with Crippen LogP contribution in [0.25, 0.3) is 0 Å². The molecule has 0 aromatic heterocycles. The predicted molar refractivity (Wildman–Crippen MR) is 109 cm³/mol. The quantitative estimate of drug-likeness (QED) is 0.767. The zero-order valence-corrected chi connectivity index (χ0v) is 16.7. The molecule has 1 atom stereocenters. The Morgan fingerprint density at radius 3 is 2.59 bits per heavy atom. The number of fused-ring (bicyclic) bond motifs is 3. The Hall–Kier alpha value is -1.66. The van der Waals surface area contributed by atoms with Crippen molar-refractivity contribution in [2.24, 2.45) is 5.41 Å². The molecule has 144 valence electrons. The molecular formula is C21H27N3O2S. The monoisotopic (exact) mass is 385 g/mol. The van der Waals surface area contributed by atoms with Crippen molar-refractivity contribution >= 4 is 28.9 Å². The van der Waals surface area contributed by atoms with E-state index in [2.05, 4.69) is 33.7 Å². The number of amides is 1. The Kier molecular flexibility index (Phi) is 3.99. The molecule has 2 N–H and O–H groups in total. The minimum Gasteiger partial charge on any atom is -0.381 e. The number of nitrogens with one attached hydrogen (secondary N) is 2. The molecule has 27 heavy (non-hydrogen) atoms. The lowest BCUT2D eigenvalue weighted by Gasteiger charge is -2.46. The van der Waals surface area contributed by atoms with Gasteiger partial charge in [0.25, 0.3) is 5.91 Å². The first-order chi connectivity index (χ1) is 13.1. The van der Waals surface area contributed by atoms with Gasteiger partial charge in [-0.2, -0.15) is 0 Å². The summed E-state index contributed by atoms with van der Waals surface area (Å²) in [5.41, 5.74) is 2.81. The summed E-state index contributed by atoms with van der Waals surface area (Å²) in [6.07, 6.45) is 7.65. The van der Waals surface area contributed by atoms with Crippen LogP contribution >= 0.6 is 12.2 Å². The second kappa shape index (κ2) is 6.17. The second-order valence-corrected chi connectivity index (χ2v) is 8.99. The third-order valence-corrected chi connectivity index (χ3v) is 7.59. The lowest BCUT2D eigenvalue weighted by molar-refractivity contribution is -0.131. The zero-order chi connectivity index (χ0) is 18.6. The van der Waals surface area contributed by atoms with Gasteiger partial charge in [0.1, 0.15) is 0 Å². The molecule has 5 rings (SSSR count). The fourth-order valence-electron chi connectivity index (χ4n) is 5.97. The van der Waals surface area contributed by atoms with E-state index in [-0.39, 0.29) is 11.3 Å². The van der Waals surface area contributed by atoms with E-state index >= 15 is 0 Å². The number of hydrogen-bond acceptors (Lipinski definition) is 4. The summed E-state index contributed by atoms with van der Waals surface area (Å²) in [5.74, 6) is 0.0284. The summed E-state index contributed by atoms with van der Waals surface area (Å²) in [4.78, 5) is 15.8. The van der Waals surface area contributed by atoms with Crippen molar-refractivity contribution in [3.8, 4) is 0 Å². The van der Waals surface area contributed by atoms with Gasteiger partial charge in [0.2, 0.25) is 0 Å². The highest BCUT2D eigenvalue weighted by atomic mass is 32.1. The molecule has 6 heteroatoms.